The number of nitrogens with two attached hydrogens (primary N) is 3. The van der Waals surface area contributed by atoms with Crippen LogP contribution < -0.4 is 47.4 Å². The van der Waals surface area contributed by atoms with E-state index >= 15 is 0 Å². The Hall–Kier alpha value is -6.63. The number of nitrogens with zero attached hydrogens (tertiary/aromatic N) is 3. The highest BCUT2D eigenvalue weighted by molar-refractivity contribution is 6.00. The topological polar surface area (TPSA) is 276 Å². The first-order valence-corrected chi connectivity index (χ1v) is 21.8. The lowest BCUT2D eigenvalue weighted by molar-refractivity contribution is -0.143. The molecule has 4 aromatic rings. The van der Waals surface area contributed by atoms with Crippen molar-refractivity contribution in [3.05, 3.63) is 88.7 Å². The number of fused-ring (bicyclic) bond motifs is 5. The molecule has 18 nitrogen and oxygen atoms in total. The van der Waals surface area contributed by atoms with Crippen LogP contribution in [0.2, 0.25) is 0 Å². The zero-order valence-corrected chi connectivity index (χ0v) is 37.4. The molecule has 18 heteroatoms. The highest BCUT2D eigenvalue weighted by atomic mass is 16.5. The number of benzene rings is 3. The zero-order chi connectivity index (χ0) is 47.0. The van der Waals surface area contributed by atoms with E-state index in [-0.39, 0.29) is 56.9 Å². The number of amides is 4. The molecule has 346 valence electrons. The van der Waals surface area contributed by atoms with Crippen LogP contribution in [-0.4, -0.2) is 113 Å². The van der Waals surface area contributed by atoms with Crippen LogP contribution >= 0.6 is 0 Å². The van der Waals surface area contributed by atoms with E-state index in [1.165, 1.54) is 18.9 Å². The van der Waals surface area contributed by atoms with Crippen molar-refractivity contribution in [2.24, 2.45) is 17.2 Å². The fraction of sp³-hybridized carbons (Fsp3) is 0.426. The molecule has 3 aromatic carbocycles. The molecule has 2 unspecified atom stereocenters. The Bertz CT molecular complexity index is 2380. The van der Waals surface area contributed by atoms with Gasteiger partial charge in [-0.15, -0.1) is 0 Å². The number of aliphatic carboxylic acids is 1. The van der Waals surface area contributed by atoms with Crippen molar-refractivity contribution in [1.29, 1.82) is 0 Å². The molecular weight excluding hydrogens is 835 g/mol. The number of hydrogen-bond donors (Lipinski definition) is 7. The molecule has 2 heterocycles. The molecule has 10 N–H and O–H groups in total. The van der Waals surface area contributed by atoms with Crippen molar-refractivity contribution in [1.82, 2.24) is 30.8 Å². The summed E-state index contributed by atoms with van der Waals surface area (Å²) in [6.07, 6.45) is 2.89. The minimum Gasteiger partial charge on any atom is -0.492 e. The molecule has 4 atom stereocenters. The van der Waals surface area contributed by atoms with Gasteiger partial charge in [0, 0.05) is 43.2 Å². The summed E-state index contributed by atoms with van der Waals surface area (Å²) in [7, 11) is 1.41. The summed E-state index contributed by atoms with van der Waals surface area (Å²) >= 11 is 0. The summed E-state index contributed by atoms with van der Waals surface area (Å²) in [5.41, 5.74) is 21.0. The lowest BCUT2D eigenvalue weighted by Gasteiger charge is -2.32. The summed E-state index contributed by atoms with van der Waals surface area (Å²) in [6.45, 7) is 7.54. The monoisotopic (exact) mass is 893 g/mol. The number of carbonyl (C=O) groups is 5. The Morgan fingerprint density at radius 2 is 1.49 bits per heavy atom. The van der Waals surface area contributed by atoms with Gasteiger partial charge in [-0.05, 0) is 113 Å². The molecule has 1 saturated carbocycles. The number of likely N-dealkylation sites (N-methyl/N-ethyl adjacent to an activating group) is 1. The van der Waals surface area contributed by atoms with Gasteiger partial charge in [-0.2, -0.15) is 0 Å². The number of rotatable bonds is 17. The maximum atomic E-state index is 14.7. The van der Waals surface area contributed by atoms with Gasteiger partial charge in [-0.1, -0.05) is 19.1 Å². The minimum absolute atomic E-state index is 0.00480. The number of ether oxygens (including phenoxy) is 3. The van der Waals surface area contributed by atoms with Crippen LogP contribution in [0.3, 0.4) is 0 Å². The van der Waals surface area contributed by atoms with Crippen LogP contribution in [0.1, 0.15) is 78.4 Å². The van der Waals surface area contributed by atoms with Gasteiger partial charge in [0.25, 0.3) is 5.91 Å². The second-order valence-corrected chi connectivity index (χ2v) is 16.4. The van der Waals surface area contributed by atoms with Gasteiger partial charge in [0.15, 0.2) is 5.82 Å². The van der Waals surface area contributed by atoms with Crippen molar-refractivity contribution >= 4 is 29.6 Å². The van der Waals surface area contributed by atoms with Gasteiger partial charge >= 0.3 is 5.97 Å². The van der Waals surface area contributed by atoms with Crippen molar-refractivity contribution in [3.63, 3.8) is 0 Å². The quantitative estimate of drug-likeness (QED) is 0.0804. The molecule has 65 heavy (non-hydrogen) atoms. The smallest absolute Gasteiger partial charge is 0.326 e. The van der Waals surface area contributed by atoms with E-state index in [1.807, 2.05) is 24.3 Å². The first-order valence-electron chi connectivity index (χ1n) is 21.8. The maximum absolute atomic E-state index is 14.7. The first-order chi connectivity index (χ1) is 31.1. The van der Waals surface area contributed by atoms with E-state index in [9.17, 15) is 29.1 Å². The number of carbonyl (C=O) groups excluding carboxylic acids is 4. The molecule has 2 aliphatic rings. The number of carboxylic acids is 1. The van der Waals surface area contributed by atoms with E-state index in [2.05, 4.69) is 32.8 Å². The second-order valence-electron chi connectivity index (χ2n) is 16.4. The molecule has 0 saturated heterocycles. The van der Waals surface area contributed by atoms with Crippen LogP contribution in [-0.2, 0) is 25.6 Å². The Kier molecular flexibility index (Phi) is 15.4. The van der Waals surface area contributed by atoms with Crippen LogP contribution in [0.4, 0.5) is 0 Å². The average molecular weight is 894 g/mol. The molecular formula is C47H59N9O9. The summed E-state index contributed by atoms with van der Waals surface area (Å²) in [4.78, 5) is 79.6. The van der Waals surface area contributed by atoms with Crippen LogP contribution in [0.15, 0.2) is 60.7 Å². The van der Waals surface area contributed by atoms with Crippen molar-refractivity contribution < 1.29 is 43.3 Å². The van der Waals surface area contributed by atoms with Gasteiger partial charge in [0.05, 0.1) is 17.0 Å². The Balaban J connectivity index is 1.35. The summed E-state index contributed by atoms with van der Waals surface area (Å²) in [6, 6.07) is 12.3. The molecule has 1 aliphatic carbocycles. The Morgan fingerprint density at radius 1 is 0.877 bits per heavy atom. The highest BCUT2D eigenvalue weighted by Crippen LogP contribution is 2.43. The van der Waals surface area contributed by atoms with E-state index in [0.717, 1.165) is 30.6 Å². The van der Waals surface area contributed by atoms with Crippen LogP contribution in [0.25, 0.3) is 22.5 Å². The van der Waals surface area contributed by atoms with Crippen molar-refractivity contribution in [2.75, 3.05) is 39.9 Å². The standard InChI is InChI=1S/C47H59N9O9/c1-6-47(16-17-47)65-32-11-8-30(9-12-32)41-51-26(2)39(27(3)52-41)43(58)54-35(15-18-48)45(60)56(5)40-31-10-14-38(64-22-20-50)34(25-31)33-23-29(7-13-37(33)63-21-19-49)24-36(46(61)62)55-42(57)28(4)53-44(40)59/h7-14,23,25,28,35-36,40H,6,15-22,24,48-50H2,1-5H3,(H,53,59)(H,54,58)(H,55,57)(H,61,62)/t28-,35-,36?,40?/m0/s1. The van der Waals surface area contributed by atoms with E-state index in [1.54, 1.807) is 50.2 Å². The lowest BCUT2D eigenvalue weighted by atomic mass is 9.93. The summed E-state index contributed by atoms with van der Waals surface area (Å²) in [5.74, 6) is -2.19. The lowest BCUT2D eigenvalue weighted by Crippen LogP contribution is -2.55. The largest absolute Gasteiger partial charge is 0.492 e. The predicted octanol–water partition coefficient (Wildman–Crippen LogP) is 2.70. The number of aromatic nitrogens is 2. The van der Waals surface area contributed by atoms with E-state index in [0.29, 0.717) is 51.0 Å². The fourth-order valence-corrected chi connectivity index (χ4v) is 7.86. The first kappa shape index (κ1) is 47.8. The third kappa shape index (κ3) is 11.2. The molecule has 4 bridgehead atoms. The number of hydrogen-bond acceptors (Lipinski definition) is 13. The summed E-state index contributed by atoms with van der Waals surface area (Å²) in [5, 5.41) is 18.1. The van der Waals surface area contributed by atoms with Crippen LogP contribution in [0, 0.1) is 13.8 Å². The third-order valence-corrected chi connectivity index (χ3v) is 11.6. The minimum atomic E-state index is -1.41. The average Bonchev–Trinajstić information content (AvgIpc) is 4.06. The Morgan fingerprint density at radius 3 is 2.06 bits per heavy atom. The van der Waals surface area contributed by atoms with Crippen molar-refractivity contribution in [2.45, 2.75) is 89.6 Å². The van der Waals surface area contributed by atoms with Gasteiger partial charge in [0.1, 0.15) is 60.2 Å². The SMILES string of the molecule is CCC1(Oc2ccc(-c3nc(C)c(C(=O)N[C@@H](CCN)C(=O)N(C)C4C(=O)N[C@@H](C)C(=O)NC(C(=O)O)Cc5ccc(OCCN)c(c5)-c5cc4ccc5OCCN)c(C)n3)cc2)CC1. The van der Waals surface area contributed by atoms with Gasteiger partial charge < -0.3 is 57.4 Å². The molecule has 1 fully saturated rings. The summed E-state index contributed by atoms with van der Waals surface area (Å²) < 4.78 is 18.3. The van der Waals surface area contributed by atoms with E-state index < -0.39 is 53.8 Å². The molecule has 1 aliphatic heterocycles. The van der Waals surface area contributed by atoms with Gasteiger partial charge in [-0.3, -0.25) is 19.2 Å². The molecule has 4 amide bonds. The maximum Gasteiger partial charge on any atom is 0.326 e. The number of aryl methyl sites for hydroxylation is 2. The van der Waals surface area contributed by atoms with E-state index in [4.69, 9.17) is 31.4 Å². The van der Waals surface area contributed by atoms with Gasteiger partial charge in [-0.25, -0.2) is 14.8 Å². The Labute approximate surface area is 378 Å². The fourth-order valence-electron chi connectivity index (χ4n) is 7.86. The van der Waals surface area contributed by atoms with Crippen LogP contribution in [0.5, 0.6) is 17.2 Å². The zero-order valence-electron chi connectivity index (χ0n) is 37.4. The highest BCUT2D eigenvalue weighted by Gasteiger charge is 2.43. The third-order valence-electron chi connectivity index (χ3n) is 11.6. The predicted molar refractivity (Wildman–Crippen MR) is 242 cm³/mol. The number of nitrogens with one attached hydrogen (secondary N) is 3. The molecule has 0 spiro atoms. The normalized spacial score (nSPS) is 18.2. The van der Waals surface area contributed by atoms with Gasteiger partial charge in [0.2, 0.25) is 17.7 Å². The number of carboxylic acid groups (broad SMARTS) is 1. The molecule has 0 radical (unpaired) electrons. The molecule has 1 aromatic heterocycles. The van der Waals surface area contributed by atoms with Crippen molar-refractivity contribution in [3.8, 4) is 39.8 Å². The second kappa shape index (κ2) is 20.9. The molecule has 6 rings (SSSR count).